The molecule has 1 heterocycles. The molecule has 8 nitrogen and oxygen atoms in total. The minimum atomic E-state index is -0.407. The van der Waals surface area contributed by atoms with Crippen LogP contribution in [0.3, 0.4) is 0 Å². The maximum absolute atomic E-state index is 12.2. The number of aryl methyl sites for hydroxylation is 1. The molecule has 30 heavy (non-hydrogen) atoms. The highest BCUT2D eigenvalue weighted by Gasteiger charge is 2.19. The van der Waals surface area contributed by atoms with Gasteiger partial charge < -0.3 is 25.1 Å². The van der Waals surface area contributed by atoms with Crippen LogP contribution in [-0.4, -0.2) is 54.3 Å². The quantitative estimate of drug-likeness (QED) is 0.359. The molecule has 0 unspecified atom stereocenters. The Morgan fingerprint density at radius 3 is 2.53 bits per heavy atom. The zero-order chi connectivity index (χ0) is 22.1. The van der Waals surface area contributed by atoms with Gasteiger partial charge in [-0.05, 0) is 51.2 Å². The summed E-state index contributed by atoms with van der Waals surface area (Å²) >= 11 is 0. The second-order valence-corrected chi connectivity index (χ2v) is 7.95. The molecule has 8 heteroatoms. The van der Waals surface area contributed by atoms with Crippen LogP contribution in [0.2, 0.25) is 0 Å². The second-order valence-electron chi connectivity index (χ2n) is 7.95. The van der Waals surface area contributed by atoms with Gasteiger partial charge in [-0.2, -0.15) is 0 Å². The number of pyridine rings is 1. The van der Waals surface area contributed by atoms with Gasteiger partial charge in [-0.3, -0.25) is 0 Å². The first kappa shape index (κ1) is 23.8. The van der Waals surface area contributed by atoms with E-state index in [1.807, 2.05) is 26.0 Å². The van der Waals surface area contributed by atoms with E-state index >= 15 is 0 Å². The zero-order valence-electron chi connectivity index (χ0n) is 18.8. The van der Waals surface area contributed by atoms with Crippen molar-refractivity contribution in [3.63, 3.8) is 0 Å². The lowest BCUT2D eigenvalue weighted by atomic mass is 9.98. The number of likely N-dealkylation sites (N-methyl/N-ethyl adjacent to an activating group) is 2. The highest BCUT2D eigenvalue weighted by Crippen LogP contribution is 2.26. The minimum absolute atomic E-state index is 0.213. The summed E-state index contributed by atoms with van der Waals surface area (Å²) in [5, 5.41) is 1.41. The average Bonchev–Trinajstić information content (AvgIpc) is 2.73. The van der Waals surface area contributed by atoms with Gasteiger partial charge in [0.25, 0.3) is 0 Å². The van der Waals surface area contributed by atoms with E-state index in [9.17, 15) is 4.79 Å². The van der Waals surface area contributed by atoms with Crippen LogP contribution in [0.25, 0.3) is 5.70 Å². The molecule has 2 rings (SSSR count). The molecule has 4 N–H and O–H groups in total. The Bertz CT molecular complexity index is 729. The summed E-state index contributed by atoms with van der Waals surface area (Å²) in [5.41, 5.74) is 8.77. The minimum Gasteiger partial charge on any atom is -0.489 e. The van der Waals surface area contributed by atoms with Crippen LogP contribution in [0.1, 0.15) is 63.3 Å². The summed E-state index contributed by atoms with van der Waals surface area (Å²) < 4.78 is 11.4. The molecule has 0 aromatic carbocycles. The fourth-order valence-electron chi connectivity index (χ4n) is 3.42. The molecule has 1 aromatic rings. The van der Waals surface area contributed by atoms with Crippen LogP contribution < -0.4 is 16.3 Å². The molecule has 168 valence electrons. The van der Waals surface area contributed by atoms with Gasteiger partial charge in [0, 0.05) is 14.1 Å². The summed E-state index contributed by atoms with van der Waals surface area (Å²) in [7, 11) is 3.34. The normalized spacial score (nSPS) is 15.4. The Hall–Kier alpha value is -2.48. The number of carbonyl (C=O) groups is 1. The molecule has 1 amide bonds. The Kier molecular flexibility index (Phi) is 9.23. The van der Waals surface area contributed by atoms with E-state index in [0.717, 1.165) is 37.1 Å². The van der Waals surface area contributed by atoms with Crippen molar-refractivity contribution in [2.45, 2.75) is 64.9 Å². The predicted molar refractivity (Wildman–Crippen MR) is 118 cm³/mol. The van der Waals surface area contributed by atoms with Crippen LogP contribution >= 0.6 is 0 Å². The van der Waals surface area contributed by atoms with E-state index in [-0.39, 0.29) is 12.6 Å². The highest BCUT2D eigenvalue weighted by molar-refractivity contribution is 5.69. The maximum atomic E-state index is 12.2. The molecule has 0 bridgehead atoms. The highest BCUT2D eigenvalue weighted by atomic mass is 16.6. The molecule has 1 fully saturated rings. The number of nitrogens with zero attached hydrogens (tertiary/aromatic N) is 3. The van der Waals surface area contributed by atoms with Gasteiger partial charge in [0.1, 0.15) is 5.75 Å². The molecule has 1 saturated carbocycles. The number of hydrogen-bond acceptors (Lipinski definition) is 7. The number of nitrogens with two attached hydrogens (primary N) is 2. The Labute approximate surface area is 180 Å². The van der Waals surface area contributed by atoms with E-state index in [4.69, 9.17) is 21.1 Å². The number of carbonyl (C=O) groups excluding carboxylic acids is 1. The molecule has 1 aromatic heterocycles. The van der Waals surface area contributed by atoms with Crippen LogP contribution in [0, 0.1) is 6.92 Å². The summed E-state index contributed by atoms with van der Waals surface area (Å²) in [6, 6.07) is 3.75. The first-order chi connectivity index (χ1) is 14.3. The molecule has 0 atom stereocenters. The fourth-order valence-corrected chi connectivity index (χ4v) is 3.42. The summed E-state index contributed by atoms with van der Waals surface area (Å²) in [6.45, 7) is 4.57. The van der Waals surface area contributed by atoms with Crippen LogP contribution in [0.5, 0.6) is 5.75 Å². The second kappa shape index (κ2) is 11.6. The van der Waals surface area contributed by atoms with Crippen molar-refractivity contribution in [1.29, 1.82) is 0 Å². The topological polar surface area (TPSA) is 107 Å². The van der Waals surface area contributed by atoms with Gasteiger partial charge >= 0.3 is 6.09 Å². The third-order valence-electron chi connectivity index (χ3n) is 5.32. The SMILES string of the molecule is CCCCOC(=O)N(C)C/C(=C(/N)c1ccc(OC2CCCCC2)c(C)n1)N(C)N. The Morgan fingerprint density at radius 1 is 1.23 bits per heavy atom. The third-order valence-corrected chi connectivity index (χ3v) is 5.32. The first-order valence-electron chi connectivity index (χ1n) is 10.8. The van der Waals surface area contributed by atoms with E-state index in [0.29, 0.717) is 23.7 Å². The maximum Gasteiger partial charge on any atom is 0.409 e. The van der Waals surface area contributed by atoms with Gasteiger partial charge in [0.2, 0.25) is 0 Å². The standard InChI is InChI=1S/C22H37N5O3/c1-5-6-14-29-22(28)26(3)15-19(27(4)24)21(23)18-12-13-20(16(2)25-18)30-17-10-8-7-9-11-17/h12-13,17H,5-11,14-15,23-24H2,1-4H3/b21-19-. The smallest absolute Gasteiger partial charge is 0.409 e. The van der Waals surface area contributed by atoms with E-state index in [1.165, 1.54) is 29.2 Å². The van der Waals surface area contributed by atoms with E-state index in [2.05, 4.69) is 4.98 Å². The number of rotatable bonds is 9. The lowest BCUT2D eigenvalue weighted by molar-refractivity contribution is 0.110. The molecule has 0 saturated heterocycles. The zero-order valence-corrected chi connectivity index (χ0v) is 18.8. The van der Waals surface area contributed by atoms with Crippen molar-refractivity contribution in [3.05, 3.63) is 29.2 Å². The van der Waals surface area contributed by atoms with Gasteiger partial charge in [0.05, 0.1) is 42.0 Å². The molecule has 0 spiro atoms. The largest absolute Gasteiger partial charge is 0.489 e. The molecule has 1 aliphatic carbocycles. The summed E-state index contributed by atoms with van der Waals surface area (Å²) in [6.07, 6.45) is 7.54. The molecular formula is C22H37N5O3. The van der Waals surface area contributed by atoms with E-state index in [1.54, 1.807) is 14.1 Å². The van der Waals surface area contributed by atoms with Crippen LogP contribution in [0.15, 0.2) is 17.8 Å². The summed E-state index contributed by atoms with van der Waals surface area (Å²) in [4.78, 5) is 18.3. The number of hydrazine groups is 1. The van der Waals surface area contributed by atoms with Crippen LogP contribution in [-0.2, 0) is 4.74 Å². The Balaban J connectivity index is 2.12. The third kappa shape index (κ3) is 6.79. The van der Waals surface area contributed by atoms with Crippen molar-refractivity contribution in [3.8, 4) is 5.75 Å². The molecule has 1 aliphatic rings. The van der Waals surface area contributed by atoms with Crippen molar-refractivity contribution in [2.75, 3.05) is 27.2 Å². The van der Waals surface area contributed by atoms with Gasteiger partial charge in [0.15, 0.2) is 0 Å². The van der Waals surface area contributed by atoms with Crippen molar-refractivity contribution in [2.24, 2.45) is 11.6 Å². The number of hydrogen-bond donors (Lipinski definition) is 2. The van der Waals surface area contributed by atoms with Gasteiger partial charge in [-0.15, -0.1) is 0 Å². The summed E-state index contributed by atoms with van der Waals surface area (Å²) in [5.74, 6) is 6.79. The number of unbranched alkanes of at least 4 members (excludes halogenated alkanes) is 1. The van der Waals surface area contributed by atoms with Gasteiger partial charge in [-0.1, -0.05) is 19.8 Å². The van der Waals surface area contributed by atoms with Crippen LogP contribution in [0.4, 0.5) is 4.79 Å². The number of amides is 1. The lowest BCUT2D eigenvalue weighted by Gasteiger charge is -2.25. The molecular weight excluding hydrogens is 382 g/mol. The van der Waals surface area contributed by atoms with Crippen molar-refractivity contribution in [1.82, 2.24) is 14.9 Å². The van der Waals surface area contributed by atoms with Crippen molar-refractivity contribution < 1.29 is 14.3 Å². The average molecular weight is 420 g/mol. The molecule has 0 aliphatic heterocycles. The number of ether oxygens (including phenoxy) is 2. The lowest BCUT2D eigenvalue weighted by Crippen LogP contribution is -2.38. The fraction of sp³-hybridized carbons (Fsp3) is 0.636. The monoisotopic (exact) mass is 419 g/mol. The number of aromatic nitrogens is 1. The predicted octanol–water partition coefficient (Wildman–Crippen LogP) is 3.40. The van der Waals surface area contributed by atoms with Crippen molar-refractivity contribution >= 4 is 11.8 Å². The van der Waals surface area contributed by atoms with E-state index < -0.39 is 6.09 Å². The molecule has 0 radical (unpaired) electrons. The van der Waals surface area contributed by atoms with Gasteiger partial charge in [-0.25, -0.2) is 15.6 Å². The Morgan fingerprint density at radius 2 is 1.93 bits per heavy atom. The first-order valence-corrected chi connectivity index (χ1v) is 10.8.